The molecule has 1 aromatic heterocycles. The summed E-state index contributed by atoms with van der Waals surface area (Å²) < 4.78 is 44.3. The Morgan fingerprint density at radius 2 is 2.00 bits per heavy atom. The number of aromatic nitrogens is 4. The second-order valence-electron chi connectivity index (χ2n) is 4.94. The third-order valence-electron chi connectivity index (χ3n) is 2.90. The van der Waals surface area contributed by atoms with E-state index in [0.29, 0.717) is 4.68 Å². The van der Waals surface area contributed by atoms with Crippen LogP contribution < -0.4 is 10.4 Å². The molecule has 23 heavy (non-hydrogen) atoms. The van der Waals surface area contributed by atoms with Crippen LogP contribution in [0.1, 0.15) is 13.8 Å². The molecule has 1 N–H and O–H groups in total. The van der Waals surface area contributed by atoms with Crippen LogP contribution >= 0.6 is 0 Å². The number of rotatable bonds is 4. The van der Waals surface area contributed by atoms with E-state index in [1.54, 1.807) is 0 Å². The number of ether oxygens (including phenoxy) is 1. The Hall–Kier alpha value is -2.92. The number of non-ortho nitro benzene ring substituents is 1. The zero-order chi connectivity index (χ0) is 17.4. The number of halogens is 3. The SMILES string of the molecule is CC(C)(Oc1ccc([N+](=O)[O-])cc1-n1nn[nH]c1=O)C(F)(F)F. The number of tetrazole rings is 1. The van der Waals surface area contributed by atoms with Crippen molar-refractivity contribution in [2.24, 2.45) is 0 Å². The van der Waals surface area contributed by atoms with Gasteiger partial charge in [-0.25, -0.2) is 9.89 Å². The van der Waals surface area contributed by atoms with Crippen LogP contribution in [0.2, 0.25) is 0 Å². The van der Waals surface area contributed by atoms with Gasteiger partial charge >= 0.3 is 11.9 Å². The molecule has 0 unspecified atom stereocenters. The molecule has 1 heterocycles. The molecule has 0 aliphatic rings. The minimum absolute atomic E-state index is 0.338. The number of H-pyrrole nitrogens is 1. The Bertz CT molecular complexity index is 795. The highest BCUT2D eigenvalue weighted by Crippen LogP contribution is 2.36. The molecular weight excluding hydrogens is 323 g/mol. The van der Waals surface area contributed by atoms with Crippen LogP contribution in [0.5, 0.6) is 5.75 Å². The zero-order valence-corrected chi connectivity index (χ0v) is 11.8. The first kappa shape index (κ1) is 16.5. The average molecular weight is 333 g/mol. The normalized spacial score (nSPS) is 12.2. The molecule has 12 heteroatoms. The number of nitrogens with zero attached hydrogens (tertiary/aromatic N) is 4. The standard InChI is InChI=1S/C11H10F3N5O4/c1-10(2,11(12,13)14)23-8-4-3-6(19(21)22)5-7(8)18-9(20)15-16-17-18/h3-5H,1-2H3,(H,15,17,20). The van der Waals surface area contributed by atoms with Crippen molar-refractivity contribution in [3.63, 3.8) is 0 Å². The lowest BCUT2D eigenvalue weighted by Crippen LogP contribution is -2.44. The van der Waals surface area contributed by atoms with Gasteiger partial charge in [0.15, 0.2) is 5.60 Å². The summed E-state index contributed by atoms with van der Waals surface area (Å²) in [6.07, 6.45) is -4.71. The Kier molecular flexibility index (Phi) is 3.84. The lowest BCUT2D eigenvalue weighted by molar-refractivity contribution is -0.384. The highest BCUT2D eigenvalue weighted by atomic mass is 19.4. The number of benzene rings is 1. The first-order valence-electron chi connectivity index (χ1n) is 6.08. The molecule has 2 rings (SSSR count). The number of nitrogens with one attached hydrogen (secondary N) is 1. The fourth-order valence-corrected chi connectivity index (χ4v) is 1.56. The summed E-state index contributed by atoms with van der Waals surface area (Å²) in [5.74, 6) is -0.408. The Labute approximate surface area is 125 Å². The van der Waals surface area contributed by atoms with E-state index in [1.165, 1.54) is 0 Å². The zero-order valence-electron chi connectivity index (χ0n) is 11.8. The summed E-state index contributed by atoms with van der Waals surface area (Å²) in [6, 6.07) is 2.78. The van der Waals surface area contributed by atoms with E-state index < -0.39 is 33.8 Å². The van der Waals surface area contributed by atoms with Crippen LogP contribution in [0.3, 0.4) is 0 Å². The summed E-state index contributed by atoms with van der Waals surface area (Å²) in [4.78, 5) is 21.6. The van der Waals surface area contributed by atoms with Gasteiger partial charge in [-0.2, -0.15) is 17.9 Å². The Balaban J connectivity index is 2.58. The van der Waals surface area contributed by atoms with Crippen molar-refractivity contribution in [3.8, 4) is 11.4 Å². The van der Waals surface area contributed by atoms with Gasteiger partial charge in [-0.15, -0.1) is 0 Å². The summed E-state index contributed by atoms with van der Waals surface area (Å²) in [5, 5.41) is 19.3. The van der Waals surface area contributed by atoms with Gasteiger partial charge in [0.05, 0.1) is 4.92 Å². The Morgan fingerprint density at radius 3 is 2.48 bits per heavy atom. The average Bonchev–Trinajstić information content (AvgIpc) is 2.83. The first-order valence-corrected chi connectivity index (χ1v) is 6.08. The molecule has 0 spiro atoms. The molecular formula is C11H10F3N5O4. The fourth-order valence-electron chi connectivity index (χ4n) is 1.56. The lowest BCUT2D eigenvalue weighted by atomic mass is 10.1. The van der Waals surface area contributed by atoms with E-state index in [4.69, 9.17) is 4.74 Å². The number of hydrogen-bond acceptors (Lipinski definition) is 6. The van der Waals surface area contributed by atoms with Gasteiger partial charge in [-0.1, -0.05) is 0 Å². The molecule has 124 valence electrons. The number of nitro benzene ring substituents is 1. The van der Waals surface area contributed by atoms with Crippen molar-refractivity contribution in [1.29, 1.82) is 0 Å². The van der Waals surface area contributed by atoms with Crippen LogP contribution in [0.15, 0.2) is 23.0 Å². The third kappa shape index (κ3) is 3.14. The van der Waals surface area contributed by atoms with Gasteiger partial charge in [0.2, 0.25) is 0 Å². The molecule has 0 atom stereocenters. The van der Waals surface area contributed by atoms with E-state index in [2.05, 4.69) is 10.4 Å². The maximum atomic E-state index is 12.9. The largest absolute Gasteiger partial charge is 0.476 e. The lowest BCUT2D eigenvalue weighted by Gasteiger charge is -2.29. The third-order valence-corrected chi connectivity index (χ3v) is 2.90. The molecule has 0 fully saturated rings. The molecule has 9 nitrogen and oxygen atoms in total. The molecule has 0 bridgehead atoms. The maximum Gasteiger partial charge on any atom is 0.427 e. The predicted molar refractivity (Wildman–Crippen MR) is 69.4 cm³/mol. The molecule has 0 aliphatic heterocycles. The second kappa shape index (κ2) is 5.37. The molecule has 0 saturated heterocycles. The summed E-state index contributed by atoms with van der Waals surface area (Å²) in [7, 11) is 0. The highest BCUT2D eigenvalue weighted by molar-refractivity contribution is 5.53. The fraction of sp³-hybridized carbons (Fsp3) is 0.364. The second-order valence-corrected chi connectivity index (χ2v) is 4.94. The number of nitro groups is 1. The van der Waals surface area contributed by atoms with Crippen LogP contribution in [0.25, 0.3) is 5.69 Å². The van der Waals surface area contributed by atoms with Gasteiger partial charge in [0.25, 0.3) is 5.69 Å². The molecule has 0 radical (unpaired) electrons. The summed E-state index contributed by atoms with van der Waals surface area (Å²) in [5.41, 5.74) is -4.27. The van der Waals surface area contributed by atoms with Crippen molar-refractivity contribution >= 4 is 5.69 Å². The van der Waals surface area contributed by atoms with Gasteiger partial charge in [0, 0.05) is 12.1 Å². The molecule has 1 aromatic carbocycles. The van der Waals surface area contributed by atoms with Crippen molar-refractivity contribution in [3.05, 3.63) is 38.8 Å². The number of aromatic amines is 1. The maximum absolute atomic E-state index is 12.9. The highest BCUT2D eigenvalue weighted by Gasteiger charge is 2.50. The van der Waals surface area contributed by atoms with Gasteiger partial charge in [-0.05, 0) is 30.3 Å². The predicted octanol–water partition coefficient (Wildman–Crippen LogP) is 1.58. The number of alkyl halides is 3. The topological polar surface area (TPSA) is 116 Å². The van der Waals surface area contributed by atoms with Crippen LogP contribution in [0.4, 0.5) is 18.9 Å². The number of hydrogen-bond donors (Lipinski definition) is 1. The van der Waals surface area contributed by atoms with Gasteiger partial charge in [0.1, 0.15) is 11.4 Å². The van der Waals surface area contributed by atoms with E-state index in [-0.39, 0.29) is 5.69 Å². The molecule has 0 amide bonds. The summed E-state index contributed by atoms with van der Waals surface area (Å²) in [6.45, 7) is 1.56. The van der Waals surface area contributed by atoms with Gasteiger partial charge < -0.3 is 4.74 Å². The minimum Gasteiger partial charge on any atom is -0.476 e. The van der Waals surface area contributed by atoms with Crippen molar-refractivity contribution in [1.82, 2.24) is 20.2 Å². The van der Waals surface area contributed by atoms with Crippen LogP contribution in [-0.4, -0.2) is 36.9 Å². The molecule has 0 saturated carbocycles. The molecule has 0 aliphatic carbocycles. The van der Waals surface area contributed by atoms with Crippen LogP contribution in [-0.2, 0) is 0 Å². The van der Waals surface area contributed by atoms with E-state index in [0.717, 1.165) is 32.0 Å². The smallest absolute Gasteiger partial charge is 0.427 e. The van der Waals surface area contributed by atoms with E-state index in [1.807, 2.05) is 5.10 Å². The van der Waals surface area contributed by atoms with Crippen molar-refractivity contribution in [2.45, 2.75) is 25.6 Å². The van der Waals surface area contributed by atoms with Crippen molar-refractivity contribution < 1.29 is 22.8 Å². The van der Waals surface area contributed by atoms with Gasteiger partial charge in [-0.3, -0.25) is 10.1 Å². The minimum atomic E-state index is -4.71. The van der Waals surface area contributed by atoms with E-state index >= 15 is 0 Å². The first-order chi connectivity index (χ1) is 10.5. The Morgan fingerprint density at radius 1 is 1.35 bits per heavy atom. The van der Waals surface area contributed by atoms with Crippen molar-refractivity contribution in [2.75, 3.05) is 0 Å². The summed E-state index contributed by atoms with van der Waals surface area (Å²) >= 11 is 0. The monoisotopic (exact) mass is 333 g/mol. The van der Waals surface area contributed by atoms with E-state index in [9.17, 15) is 28.1 Å². The molecule has 2 aromatic rings. The quantitative estimate of drug-likeness (QED) is 0.671. The van der Waals surface area contributed by atoms with Crippen LogP contribution in [0, 0.1) is 10.1 Å².